The van der Waals surface area contributed by atoms with Crippen molar-refractivity contribution < 1.29 is 0 Å². The van der Waals surface area contributed by atoms with Gasteiger partial charge in [-0.2, -0.15) is 11.8 Å². The smallest absolute Gasteiger partial charge is 0.0954 e. The highest BCUT2D eigenvalue weighted by molar-refractivity contribution is 7.99. The lowest BCUT2D eigenvalue weighted by Gasteiger charge is -2.19. The van der Waals surface area contributed by atoms with Gasteiger partial charge < -0.3 is 5.32 Å². The summed E-state index contributed by atoms with van der Waals surface area (Å²) in [4.78, 5) is 4.78. The van der Waals surface area contributed by atoms with Crippen molar-refractivity contribution in [2.24, 2.45) is 0 Å². The number of hydrogen-bond donors (Lipinski definition) is 1. The van der Waals surface area contributed by atoms with Crippen molar-refractivity contribution >= 4 is 33.3 Å². The van der Waals surface area contributed by atoms with Gasteiger partial charge in [0, 0.05) is 23.5 Å². The van der Waals surface area contributed by atoms with Crippen LogP contribution < -0.4 is 5.32 Å². The van der Waals surface area contributed by atoms with E-state index >= 15 is 0 Å². The highest BCUT2D eigenvalue weighted by Crippen LogP contribution is 2.24. The van der Waals surface area contributed by atoms with Crippen LogP contribution in [-0.4, -0.2) is 28.6 Å². The van der Waals surface area contributed by atoms with E-state index < -0.39 is 0 Å². The van der Waals surface area contributed by atoms with Gasteiger partial charge in [-0.1, -0.05) is 32.9 Å². The second kappa shape index (κ2) is 8.76. The number of thiazole rings is 1. The Morgan fingerprint density at radius 2 is 2.10 bits per heavy atom. The lowest BCUT2D eigenvalue weighted by atomic mass is 10.2. The summed E-state index contributed by atoms with van der Waals surface area (Å²) in [5.74, 6) is 1.17. The third-order valence-corrected chi connectivity index (χ3v) is 6.15. The second-order valence-corrected chi connectivity index (χ2v) is 8.07. The highest BCUT2D eigenvalue weighted by atomic mass is 32.2. The molecule has 0 fully saturated rings. The van der Waals surface area contributed by atoms with Crippen LogP contribution in [0.15, 0.2) is 24.3 Å². The third kappa shape index (κ3) is 5.28. The molecule has 21 heavy (non-hydrogen) atoms. The zero-order chi connectivity index (χ0) is 15.1. The number of aromatic nitrogens is 1. The summed E-state index contributed by atoms with van der Waals surface area (Å²) in [6.45, 7) is 7.90. The molecule has 0 bridgehead atoms. The molecule has 2 rings (SSSR count). The zero-order valence-corrected chi connectivity index (χ0v) is 14.9. The van der Waals surface area contributed by atoms with Crippen LogP contribution in [0.1, 0.15) is 38.6 Å². The van der Waals surface area contributed by atoms with Gasteiger partial charge >= 0.3 is 0 Å². The largest absolute Gasteiger partial charge is 0.313 e. The Bertz CT molecular complexity index is 505. The Morgan fingerprint density at radius 3 is 2.81 bits per heavy atom. The Labute approximate surface area is 136 Å². The van der Waals surface area contributed by atoms with E-state index in [9.17, 15) is 0 Å². The number of thioether (sulfide) groups is 1. The standard InChI is InChI=1S/C17H26N2S2/c1-4-10-18-14(12-20-13(3)5-2)11-17-19-15-8-6-7-9-16(15)21-17/h6-9,13-14,18H,4-5,10-12H2,1-3H3. The molecule has 0 aliphatic heterocycles. The topological polar surface area (TPSA) is 24.9 Å². The van der Waals surface area contributed by atoms with Crippen molar-refractivity contribution in [2.45, 2.75) is 51.3 Å². The molecule has 4 heteroatoms. The number of nitrogens with one attached hydrogen (secondary N) is 1. The average molecular weight is 323 g/mol. The maximum Gasteiger partial charge on any atom is 0.0954 e. The fraction of sp³-hybridized carbons (Fsp3) is 0.588. The molecule has 116 valence electrons. The number of benzene rings is 1. The maximum absolute atomic E-state index is 4.78. The van der Waals surface area contributed by atoms with Gasteiger partial charge in [0.2, 0.25) is 0 Å². The van der Waals surface area contributed by atoms with E-state index in [-0.39, 0.29) is 0 Å². The lowest BCUT2D eigenvalue weighted by Crippen LogP contribution is -2.34. The number of fused-ring (bicyclic) bond motifs is 1. The van der Waals surface area contributed by atoms with Gasteiger partial charge in [0.25, 0.3) is 0 Å². The van der Waals surface area contributed by atoms with Gasteiger partial charge in [0.05, 0.1) is 15.2 Å². The zero-order valence-electron chi connectivity index (χ0n) is 13.3. The Morgan fingerprint density at radius 1 is 1.29 bits per heavy atom. The summed E-state index contributed by atoms with van der Waals surface area (Å²) in [5, 5.41) is 5.69. The van der Waals surface area contributed by atoms with Crippen LogP contribution in [0.25, 0.3) is 10.2 Å². The summed E-state index contributed by atoms with van der Waals surface area (Å²) in [5.41, 5.74) is 1.14. The highest BCUT2D eigenvalue weighted by Gasteiger charge is 2.13. The van der Waals surface area contributed by atoms with Crippen LogP contribution >= 0.6 is 23.1 Å². The van der Waals surface area contributed by atoms with Gasteiger partial charge in [-0.25, -0.2) is 4.98 Å². The minimum atomic E-state index is 0.532. The number of nitrogens with zero attached hydrogens (tertiary/aromatic N) is 1. The van der Waals surface area contributed by atoms with Crippen molar-refractivity contribution in [1.29, 1.82) is 0 Å². The van der Waals surface area contributed by atoms with Crippen LogP contribution in [0.4, 0.5) is 0 Å². The summed E-state index contributed by atoms with van der Waals surface area (Å²) in [6, 6.07) is 8.97. The van der Waals surface area contributed by atoms with E-state index in [2.05, 4.69) is 62.1 Å². The van der Waals surface area contributed by atoms with Crippen LogP contribution in [0.3, 0.4) is 0 Å². The first-order valence-corrected chi connectivity index (χ1v) is 9.78. The molecule has 0 saturated heterocycles. The van der Waals surface area contributed by atoms with E-state index in [0.29, 0.717) is 6.04 Å². The van der Waals surface area contributed by atoms with Crippen molar-refractivity contribution in [3.05, 3.63) is 29.3 Å². The molecule has 0 saturated carbocycles. The van der Waals surface area contributed by atoms with Crippen LogP contribution in [0.2, 0.25) is 0 Å². The summed E-state index contributed by atoms with van der Waals surface area (Å²) >= 11 is 3.91. The van der Waals surface area contributed by atoms with Gasteiger partial charge in [0.15, 0.2) is 0 Å². The van der Waals surface area contributed by atoms with Crippen molar-refractivity contribution in [1.82, 2.24) is 10.3 Å². The molecule has 1 aromatic heterocycles. The van der Waals surface area contributed by atoms with E-state index in [0.717, 1.165) is 23.7 Å². The molecule has 2 aromatic rings. The second-order valence-electron chi connectivity index (χ2n) is 5.48. The van der Waals surface area contributed by atoms with Gasteiger partial charge in [-0.05, 0) is 31.5 Å². The number of rotatable bonds is 9. The maximum atomic E-state index is 4.78. The lowest BCUT2D eigenvalue weighted by molar-refractivity contribution is 0.549. The number of para-hydroxylation sites is 1. The van der Waals surface area contributed by atoms with Gasteiger partial charge in [-0.15, -0.1) is 11.3 Å². The molecule has 0 amide bonds. The van der Waals surface area contributed by atoms with E-state index in [1.165, 1.54) is 28.3 Å². The quantitative estimate of drug-likeness (QED) is 0.722. The molecule has 2 unspecified atom stereocenters. The molecule has 0 spiro atoms. The fourth-order valence-corrected chi connectivity index (χ4v) is 4.23. The SMILES string of the molecule is CCCNC(CSC(C)CC)Cc1nc2ccccc2s1. The molecule has 2 atom stereocenters. The molecular weight excluding hydrogens is 296 g/mol. The van der Waals surface area contributed by atoms with Crippen molar-refractivity contribution in [2.75, 3.05) is 12.3 Å². The molecule has 0 aliphatic carbocycles. The molecule has 1 heterocycles. The Hall–Kier alpha value is -0.580. The molecule has 0 aliphatic rings. The monoisotopic (exact) mass is 322 g/mol. The molecule has 1 N–H and O–H groups in total. The normalized spacial score (nSPS) is 14.4. The van der Waals surface area contributed by atoms with Crippen molar-refractivity contribution in [3.8, 4) is 0 Å². The Kier molecular flexibility index (Phi) is 7.00. The molecule has 1 aromatic carbocycles. The molecule has 2 nitrogen and oxygen atoms in total. The van der Waals surface area contributed by atoms with E-state index in [1.807, 2.05) is 11.3 Å². The number of hydrogen-bond acceptors (Lipinski definition) is 4. The Balaban J connectivity index is 1.98. The minimum absolute atomic E-state index is 0.532. The molecular formula is C17H26N2S2. The summed E-state index contributed by atoms with van der Waals surface area (Å²) in [6.07, 6.45) is 3.47. The summed E-state index contributed by atoms with van der Waals surface area (Å²) < 4.78 is 1.30. The predicted octanol–water partition coefficient (Wildman–Crippen LogP) is 4.74. The minimum Gasteiger partial charge on any atom is -0.313 e. The first kappa shape index (κ1) is 16.8. The van der Waals surface area contributed by atoms with Crippen LogP contribution in [0, 0.1) is 0 Å². The van der Waals surface area contributed by atoms with Gasteiger partial charge in [0.1, 0.15) is 0 Å². The predicted molar refractivity (Wildman–Crippen MR) is 97.6 cm³/mol. The fourth-order valence-electron chi connectivity index (χ4n) is 2.15. The van der Waals surface area contributed by atoms with Gasteiger partial charge in [-0.3, -0.25) is 0 Å². The molecule has 0 radical (unpaired) electrons. The van der Waals surface area contributed by atoms with E-state index in [4.69, 9.17) is 4.98 Å². The van der Waals surface area contributed by atoms with E-state index in [1.54, 1.807) is 0 Å². The average Bonchev–Trinajstić information content (AvgIpc) is 2.91. The first-order chi connectivity index (χ1) is 10.2. The van der Waals surface area contributed by atoms with Crippen molar-refractivity contribution in [3.63, 3.8) is 0 Å². The first-order valence-electron chi connectivity index (χ1n) is 7.92. The van der Waals surface area contributed by atoms with Crippen LogP contribution in [-0.2, 0) is 6.42 Å². The van der Waals surface area contributed by atoms with Crippen LogP contribution in [0.5, 0.6) is 0 Å². The third-order valence-electron chi connectivity index (χ3n) is 3.60. The summed E-state index contributed by atoms with van der Waals surface area (Å²) in [7, 11) is 0.